The lowest BCUT2D eigenvalue weighted by molar-refractivity contribution is 0.324. The van der Waals surface area contributed by atoms with Crippen molar-refractivity contribution in [1.82, 2.24) is 14.8 Å². The highest BCUT2D eigenvalue weighted by atomic mass is 35.5. The van der Waals surface area contributed by atoms with Crippen molar-refractivity contribution >= 4 is 11.6 Å². The number of methoxy groups -OCH3 is 3. The van der Waals surface area contributed by atoms with E-state index in [-0.39, 0.29) is 0 Å². The van der Waals surface area contributed by atoms with Gasteiger partial charge in [-0.1, -0.05) is 11.6 Å². The first-order valence-corrected chi connectivity index (χ1v) is 8.63. The van der Waals surface area contributed by atoms with E-state index >= 15 is 0 Å². The summed E-state index contributed by atoms with van der Waals surface area (Å²) < 4.78 is 23.4. The number of rotatable bonds is 7. The van der Waals surface area contributed by atoms with Gasteiger partial charge in [0.25, 0.3) is 0 Å². The lowest BCUT2D eigenvalue weighted by Crippen LogP contribution is -2.03. The molecule has 1 aromatic heterocycles. The summed E-state index contributed by atoms with van der Waals surface area (Å²) >= 11 is 6.32. The van der Waals surface area contributed by atoms with E-state index in [0.29, 0.717) is 46.1 Å². The second-order valence-electron chi connectivity index (χ2n) is 5.46. The van der Waals surface area contributed by atoms with Crippen molar-refractivity contribution in [2.24, 2.45) is 0 Å². The van der Waals surface area contributed by atoms with E-state index in [2.05, 4.69) is 10.1 Å². The van der Waals surface area contributed by atoms with E-state index in [1.807, 2.05) is 19.1 Å². The fourth-order valence-electron chi connectivity index (χ4n) is 2.73. The largest absolute Gasteiger partial charge is 0.493 e. The van der Waals surface area contributed by atoms with Gasteiger partial charge >= 0.3 is 0 Å². The highest BCUT2D eigenvalue weighted by Crippen LogP contribution is 2.40. The number of halogens is 1. The number of ether oxygens (including phenoxy) is 4. The molecule has 0 unspecified atom stereocenters. The zero-order valence-electron chi connectivity index (χ0n) is 15.5. The lowest BCUT2D eigenvalue weighted by atomic mass is 10.2. The standard InChI is InChI=1S/C19H20ClN3O4/c1-5-27-15-7-6-12(8-14(15)20)19-21-11-22-23(19)13-9-16(24-2)18(26-4)17(10-13)25-3/h6-11H,5H2,1-4H3. The fourth-order valence-corrected chi connectivity index (χ4v) is 2.96. The molecule has 0 bridgehead atoms. The van der Waals surface area contributed by atoms with Gasteiger partial charge < -0.3 is 18.9 Å². The summed E-state index contributed by atoms with van der Waals surface area (Å²) in [5.74, 6) is 2.81. The van der Waals surface area contributed by atoms with E-state index in [1.54, 1.807) is 44.2 Å². The van der Waals surface area contributed by atoms with Crippen molar-refractivity contribution in [3.8, 4) is 40.1 Å². The van der Waals surface area contributed by atoms with Gasteiger partial charge in [0, 0.05) is 17.7 Å². The van der Waals surface area contributed by atoms with Gasteiger partial charge in [0.1, 0.15) is 12.1 Å². The molecule has 8 heteroatoms. The number of hydrogen-bond donors (Lipinski definition) is 0. The molecular formula is C19H20ClN3O4. The van der Waals surface area contributed by atoms with Crippen LogP contribution in [0.25, 0.3) is 17.1 Å². The van der Waals surface area contributed by atoms with E-state index < -0.39 is 0 Å². The summed E-state index contributed by atoms with van der Waals surface area (Å²) in [4.78, 5) is 4.37. The molecule has 0 aliphatic carbocycles. The van der Waals surface area contributed by atoms with Crippen LogP contribution in [0.5, 0.6) is 23.0 Å². The maximum atomic E-state index is 6.32. The quantitative estimate of drug-likeness (QED) is 0.608. The summed E-state index contributed by atoms with van der Waals surface area (Å²) in [5.41, 5.74) is 1.51. The molecule has 0 radical (unpaired) electrons. The Balaban J connectivity index is 2.09. The first-order valence-electron chi connectivity index (χ1n) is 8.26. The van der Waals surface area contributed by atoms with Crippen LogP contribution in [0.1, 0.15) is 6.92 Å². The van der Waals surface area contributed by atoms with Crippen LogP contribution in [-0.2, 0) is 0 Å². The Morgan fingerprint density at radius 3 is 2.22 bits per heavy atom. The molecule has 0 amide bonds. The van der Waals surface area contributed by atoms with Crippen molar-refractivity contribution in [1.29, 1.82) is 0 Å². The molecule has 0 spiro atoms. The zero-order chi connectivity index (χ0) is 19.4. The highest BCUT2D eigenvalue weighted by molar-refractivity contribution is 6.32. The van der Waals surface area contributed by atoms with E-state index in [4.69, 9.17) is 30.5 Å². The smallest absolute Gasteiger partial charge is 0.203 e. The van der Waals surface area contributed by atoms with Crippen LogP contribution in [0.3, 0.4) is 0 Å². The molecule has 3 rings (SSSR count). The minimum atomic E-state index is 0.508. The normalized spacial score (nSPS) is 10.6. The first kappa shape index (κ1) is 18.8. The average Bonchev–Trinajstić information content (AvgIpc) is 3.18. The molecule has 0 N–H and O–H groups in total. The summed E-state index contributed by atoms with van der Waals surface area (Å²) in [7, 11) is 4.69. The second-order valence-corrected chi connectivity index (χ2v) is 5.86. The Morgan fingerprint density at radius 1 is 0.963 bits per heavy atom. The number of benzene rings is 2. The van der Waals surface area contributed by atoms with Crippen molar-refractivity contribution in [3.05, 3.63) is 41.7 Å². The Bertz CT molecular complexity index is 917. The van der Waals surface area contributed by atoms with Gasteiger partial charge in [-0.05, 0) is 25.1 Å². The molecule has 3 aromatic rings. The molecule has 2 aromatic carbocycles. The minimum Gasteiger partial charge on any atom is -0.493 e. The first-order chi connectivity index (χ1) is 13.1. The van der Waals surface area contributed by atoms with Gasteiger partial charge in [-0.15, -0.1) is 0 Å². The van der Waals surface area contributed by atoms with Gasteiger partial charge in [-0.3, -0.25) is 0 Å². The molecule has 7 nitrogen and oxygen atoms in total. The van der Waals surface area contributed by atoms with E-state index in [1.165, 1.54) is 6.33 Å². The number of aromatic nitrogens is 3. The molecule has 27 heavy (non-hydrogen) atoms. The highest BCUT2D eigenvalue weighted by Gasteiger charge is 2.17. The SMILES string of the molecule is CCOc1ccc(-c2ncnn2-c2cc(OC)c(OC)c(OC)c2)cc1Cl. The third-order valence-corrected chi connectivity index (χ3v) is 4.23. The fraction of sp³-hybridized carbons (Fsp3) is 0.263. The van der Waals surface area contributed by atoms with Crippen LogP contribution in [0, 0.1) is 0 Å². The molecular weight excluding hydrogens is 370 g/mol. The monoisotopic (exact) mass is 389 g/mol. The van der Waals surface area contributed by atoms with Crippen LogP contribution < -0.4 is 18.9 Å². The van der Waals surface area contributed by atoms with Crippen LogP contribution in [-0.4, -0.2) is 42.7 Å². The zero-order valence-corrected chi connectivity index (χ0v) is 16.3. The maximum Gasteiger partial charge on any atom is 0.203 e. The molecule has 0 saturated carbocycles. The third kappa shape index (κ3) is 3.64. The van der Waals surface area contributed by atoms with Crippen molar-refractivity contribution in [2.45, 2.75) is 6.92 Å². The molecule has 0 aliphatic rings. The number of nitrogens with zero attached hydrogens (tertiary/aromatic N) is 3. The molecule has 0 atom stereocenters. The van der Waals surface area contributed by atoms with Crippen LogP contribution in [0.2, 0.25) is 5.02 Å². The second kappa shape index (κ2) is 8.18. The lowest BCUT2D eigenvalue weighted by Gasteiger charge is -2.15. The summed E-state index contributed by atoms with van der Waals surface area (Å²) in [6.07, 6.45) is 1.48. The Hall–Kier alpha value is -2.93. The van der Waals surface area contributed by atoms with E-state index in [0.717, 1.165) is 5.56 Å². The summed E-state index contributed by atoms with van der Waals surface area (Å²) in [6.45, 7) is 2.45. The van der Waals surface area contributed by atoms with Gasteiger partial charge in [-0.2, -0.15) is 5.10 Å². The van der Waals surface area contributed by atoms with Crippen molar-refractivity contribution in [2.75, 3.05) is 27.9 Å². The van der Waals surface area contributed by atoms with Gasteiger partial charge in [-0.25, -0.2) is 9.67 Å². The topological polar surface area (TPSA) is 67.6 Å². The predicted octanol–water partition coefficient (Wildman–Crippen LogP) is 4.01. The molecule has 0 fully saturated rings. The number of hydrogen-bond acceptors (Lipinski definition) is 6. The Kier molecular flexibility index (Phi) is 5.71. The Labute approximate surface area is 162 Å². The molecule has 1 heterocycles. The van der Waals surface area contributed by atoms with Crippen LogP contribution in [0.15, 0.2) is 36.7 Å². The predicted molar refractivity (Wildman–Crippen MR) is 103 cm³/mol. The molecule has 142 valence electrons. The minimum absolute atomic E-state index is 0.508. The average molecular weight is 390 g/mol. The summed E-state index contributed by atoms with van der Waals surface area (Å²) in [5, 5.41) is 4.84. The summed E-state index contributed by atoms with van der Waals surface area (Å²) in [6, 6.07) is 9.10. The maximum absolute atomic E-state index is 6.32. The van der Waals surface area contributed by atoms with Gasteiger partial charge in [0.05, 0.1) is 38.6 Å². The van der Waals surface area contributed by atoms with Gasteiger partial charge in [0.15, 0.2) is 17.3 Å². The van der Waals surface area contributed by atoms with Crippen LogP contribution in [0.4, 0.5) is 0 Å². The van der Waals surface area contributed by atoms with Crippen molar-refractivity contribution < 1.29 is 18.9 Å². The molecule has 0 aliphatic heterocycles. The van der Waals surface area contributed by atoms with Crippen LogP contribution >= 0.6 is 11.6 Å². The Morgan fingerprint density at radius 2 is 1.67 bits per heavy atom. The van der Waals surface area contributed by atoms with Gasteiger partial charge in [0.2, 0.25) is 5.75 Å². The van der Waals surface area contributed by atoms with E-state index in [9.17, 15) is 0 Å². The third-order valence-electron chi connectivity index (χ3n) is 3.93. The van der Waals surface area contributed by atoms with Crippen molar-refractivity contribution in [3.63, 3.8) is 0 Å². The molecule has 0 saturated heterocycles.